The number of methoxy groups -OCH3 is 1. The molecule has 0 aliphatic heterocycles. The average molecular weight is 253 g/mol. The van der Waals surface area contributed by atoms with Crippen LogP contribution in [-0.2, 0) is 15.1 Å². The lowest BCUT2D eigenvalue weighted by molar-refractivity contribution is -0.140. The van der Waals surface area contributed by atoms with Gasteiger partial charge >= 0.3 is 5.97 Å². The Morgan fingerprint density at radius 2 is 2.11 bits per heavy atom. The highest BCUT2D eigenvalue weighted by Gasteiger charge is 2.16. The van der Waals surface area contributed by atoms with Crippen molar-refractivity contribution in [1.29, 1.82) is 0 Å². The van der Waals surface area contributed by atoms with Crippen molar-refractivity contribution in [3.63, 3.8) is 0 Å². The standard InChI is InChI=1S/C12H19N3O3/c1-12(2,3)15-8-9(7-14-15)11(17)13-6-5-10(16)18-4/h7-8H,5-6H2,1-4H3,(H,13,17). The second-order valence-electron chi connectivity index (χ2n) is 4.93. The predicted octanol–water partition coefficient (Wildman–Crippen LogP) is 0.931. The van der Waals surface area contributed by atoms with Crippen LogP contribution in [0.25, 0.3) is 0 Å². The van der Waals surface area contributed by atoms with Crippen molar-refractivity contribution >= 4 is 11.9 Å². The summed E-state index contributed by atoms with van der Waals surface area (Å²) >= 11 is 0. The average Bonchev–Trinajstić information content (AvgIpc) is 2.77. The number of rotatable bonds is 4. The molecule has 1 heterocycles. The smallest absolute Gasteiger partial charge is 0.307 e. The molecule has 100 valence electrons. The van der Waals surface area contributed by atoms with Crippen LogP contribution >= 0.6 is 0 Å². The monoisotopic (exact) mass is 253 g/mol. The molecule has 0 saturated carbocycles. The zero-order chi connectivity index (χ0) is 13.8. The van der Waals surface area contributed by atoms with Gasteiger partial charge in [0.25, 0.3) is 5.91 Å². The fraction of sp³-hybridized carbons (Fsp3) is 0.583. The summed E-state index contributed by atoms with van der Waals surface area (Å²) in [4.78, 5) is 22.6. The van der Waals surface area contributed by atoms with Crippen molar-refractivity contribution in [1.82, 2.24) is 15.1 Å². The van der Waals surface area contributed by atoms with Crippen LogP contribution in [0.2, 0.25) is 0 Å². The van der Waals surface area contributed by atoms with Crippen LogP contribution in [0, 0.1) is 0 Å². The summed E-state index contributed by atoms with van der Waals surface area (Å²) in [6, 6.07) is 0. The number of hydrogen-bond acceptors (Lipinski definition) is 4. The van der Waals surface area contributed by atoms with Crippen LogP contribution < -0.4 is 5.32 Å². The van der Waals surface area contributed by atoms with E-state index in [1.807, 2.05) is 20.8 Å². The van der Waals surface area contributed by atoms with Crippen LogP contribution in [0.15, 0.2) is 12.4 Å². The Morgan fingerprint density at radius 1 is 1.44 bits per heavy atom. The first kappa shape index (κ1) is 14.2. The molecule has 1 rings (SSSR count). The van der Waals surface area contributed by atoms with Crippen molar-refractivity contribution < 1.29 is 14.3 Å². The molecule has 0 aromatic carbocycles. The Hall–Kier alpha value is -1.85. The minimum atomic E-state index is -0.347. The highest BCUT2D eigenvalue weighted by molar-refractivity contribution is 5.93. The summed E-state index contributed by atoms with van der Waals surface area (Å²) < 4.78 is 6.20. The summed E-state index contributed by atoms with van der Waals surface area (Å²) in [5, 5.41) is 6.77. The van der Waals surface area contributed by atoms with E-state index in [0.29, 0.717) is 5.56 Å². The second-order valence-corrected chi connectivity index (χ2v) is 4.93. The van der Waals surface area contributed by atoms with Crippen molar-refractivity contribution in [3.05, 3.63) is 18.0 Å². The second kappa shape index (κ2) is 5.66. The SMILES string of the molecule is COC(=O)CCNC(=O)c1cnn(C(C)(C)C)c1. The quantitative estimate of drug-likeness (QED) is 0.810. The number of carbonyl (C=O) groups excluding carboxylic acids is 2. The minimum absolute atomic E-state index is 0.162. The van der Waals surface area contributed by atoms with Crippen LogP contribution in [0.5, 0.6) is 0 Å². The van der Waals surface area contributed by atoms with Gasteiger partial charge in [-0.05, 0) is 20.8 Å². The summed E-state index contributed by atoms with van der Waals surface area (Å²) in [6.07, 6.45) is 3.36. The van der Waals surface area contributed by atoms with Crippen LogP contribution in [-0.4, -0.2) is 35.3 Å². The number of hydrogen-bond donors (Lipinski definition) is 1. The number of esters is 1. The number of aromatic nitrogens is 2. The maximum atomic E-state index is 11.7. The van der Waals surface area contributed by atoms with Gasteiger partial charge in [0, 0.05) is 12.7 Å². The van der Waals surface area contributed by atoms with Gasteiger partial charge in [0.2, 0.25) is 0 Å². The van der Waals surface area contributed by atoms with E-state index in [1.54, 1.807) is 10.9 Å². The number of ether oxygens (including phenoxy) is 1. The molecule has 6 nitrogen and oxygen atoms in total. The molecular weight excluding hydrogens is 234 g/mol. The van der Waals surface area contributed by atoms with Gasteiger partial charge in [-0.15, -0.1) is 0 Å². The van der Waals surface area contributed by atoms with Gasteiger partial charge in [0.05, 0.1) is 30.8 Å². The summed E-state index contributed by atoms with van der Waals surface area (Å²) in [5.41, 5.74) is 0.319. The van der Waals surface area contributed by atoms with E-state index in [2.05, 4.69) is 15.2 Å². The van der Waals surface area contributed by atoms with E-state index in [1.165, 1.54) is 13.3 Å². The van der Waals surface area contributed by atoms with Crippen molar-refractivity contribution in [2.24, 2.45) is 0 Å². The maximum absolute atomic E-state index is 11.7. The lowest BCUT2D eigenvalue weighted by Crippen LogP contribution is -2.26. The molecule has 0 bridgehead atoms. The Balaban J connectivity index is 2.52. The molecule has 0 fully saturated rings. The number of amides is 1. The zero-order valence-electron chi connectivity index (χ0n) is 11.2. The fourth-order valence-corrected chi connectivity index (χ4v) is 1.29. The first-order chi connectivity index (χ1) is 8.34. The van der Waals surface area contributed by atoms with Crippen LogP contribution in [0.1, 0.15) is 37.6 Å². The van der Waals surface area contributed by atoms with Gasteiger partial charge in [0.15, 0.2) is 0 Å². The topological polar surface area (TPSA) is 73.2 Å². The highest BCUT2D eigenvalue weighted by Crippen LogP contribution is 2.12. The van der Waals surface area contributed by atoms with E-state index >= 15 is 0 Å². The van der Waals surface area contributed by atoms with Crippen molar-refractivity contribution in [2.75, 3.05) is 13.7 Å². The molecule has 1 aromatic rings. The Morgan fingerprint density at radius 3 is 2.61 bits per heavy atom. The number of nitrogens with one attached hydrogen (secondary N) is 1. The van der Waals surface area contributed by atoms with E-state index < -0.39 is 0 Å². The molecule has 0 spiro atoms. The van der Waals surface area contributed by atoms with Gasteiger partial charge in [0.1, 0.15) is 0 Å². The van der Waals surface area contributed by atoms with Gasteiger partial charge in [-0.2, -0.15) is 5.10 Å². The highest BCUT2D eigenvalue weighted by atomic mass is 16.5. The normalized spacial score (nSPS) is 11.1. The summed E-state index contributed by atoms with van der Waals surface area (Å²) in [6.45, 7) is 6.25. The molecule has 0 radical (unpaired) electrons. The molecule has 18 heavy (non-hydrogen) atoms. The largest absolute Gasteiger partial charge is 0.469 e. The van der Waals surface area contributed by atoms with E-state index in [9.17, 15) is 9.59 Å². The lowest BCUT2D eigenvalue weighted by Gasteiger charge is -2.18. The van der Waals surface area contributed by atoms with E-state index in [4.69, 9.17) is 0 Å². The fourth-order valence-electron chi connectivity index (χ4n) is 1.29. The zero-order valence-corrected chi connectivity index (χ0v) is 11.2. The maximum Gasteiger partial charge on any atom is 0.307 e. The third-order valence-corrected chi connectivity index (χ3v) is 2.37. The van der Waals surface area contributed by atoms with E-state index in [-0.39, 0.29) is 30.4 Å². The van der Waals surface area contributed by atoms with E-state index in [0.717, 1.165) is 0 Å². The molecule has 0 saturated heterocycles. The summed E-state index contributed by atoms with van der Waals surface area (Å²) in [5.74, 6) is -0.588. The number of nitrogens with zero attached hydrogens (tertiary/aromatic N) is 2. The minimum Gasteiger partial charge on any atom is -0.469 e. The molecule has 0 atom stereocenters. The van der Waals surface area contributed by atoms with Crippen molar-refractivity contribution in [2.45, 2.75) is 32.7 Å². The Bertz CT molecular complexity index is 432. The first-order valence-corrected chi connectivity index (χ1v) is 5.75. The molecule has 1 amide bonds. The molecule has 0 unspecified atom stereocenters. The van der Waals surface area contributed by atoms with Crippen LogP contribution in [0.3, 0.4) is 0 Å². The molecular formula is C12H19N3O3. The van der Waals surface area contributed by atoms with Gasteiger partial charge < -0.3 is 10.1 Å². The molecule has 1 aromatic heterocycles. The van der Waals surface area contributed by atoms with Gasteiger partial charge in [-0.1, -0.05) is 0 Å². The Labute approximate surface area is 106 Å². The lowest BCUT2D eigenvalue weighted by atomic mass is 10.1. The Kier molecular flexibility index (Phi) is 4.47. The predicted molar refractivity (Wildman–Crippen MR) is 66.2 cm³/mol. The molecule has 6 heteroatoms. The first-order valence-electron chi connectivity index (χ1n) is 5.75. The molecule has 0 aliphatic carbocycles. The summed E-state index contributed by atoms with van der Waals surface area (Å²) in [7, 11) is 1.32. The third kappa shape index (κ3) is 3.87. The molecule has 0 aliphatic rings. The number of carbonyl (C=O) groups is 2. The van der Waals surface area contributed by atoms with Gasteiger partial charge in [-0.3, -0.25) is 14.3 Å². The molecule has 1 N–H and O–H groups in total. The third-order valence-electron chi connectivity index (χ3n) is 2.37. The van der Waals surface area contributed by atoms with Crippen molar-refractivity contribution in [3.8, 4) is 0 Å². The van der Waals surface area contributed by atoms with Gasteiger partial charge in [-0.25, -0.2) is 0 Å². The van der Waals surface area contributed by atoms with Crippen LogP contribution in [0.4, 0.5) is 0 Å².